The zero-order chi connectivity index (χ0) is 20.5. The number of hydrogen-bond acceptors (Lipinski definition) is 8. The van der Waals surface area contributed by atoms with Crippen LogP contribution < -0.4 is 0 Å². The standard InChI is InChI=1S/C16H14ClNO9/c1-6(19)26-9(5-25-16(23)24)8-4-18(3)12-10(8)13(21)11(17)15(14(12)22)27-7(2)20/h4,9H,5H2,1-3H3,(H,23,24). The van der Waals surface area contributed by atoms with E-state index in [1.807, 2.05) is 0 Å². The Kier molecular flexibility index (Phi) is 5.69. The first-order valence-corrected chi connectivity index (χ1v) is 7.82. The van der Waals surface area contributed by atoms with E-state index < -0.39 is 53.2 Å². The second kappa shape index (κ2) is 7.62. The highest BCUT2D eigenvalue weighted by Crippen LogP contribution is 2.36. The molecule has 0 amide bonds. The van der Waals surface area contributed by atoms with Crippen LogP contribution >= 0.6 is 11.6 Å². The molecule has 10 nitrogen and oxygen atoms in total. The van der Waals surface area contributed by atoms with Gasteiger partial charge >= 0.3 is 18.1 Å². The molecule has 0 fully saturated rings. The molecule has 0 bridgehead atoms. The van der Waals surface area contributed by atoms with Crippen molar-refractivity contribution in [2.45, 2.75) is 20.0 Å². The smallest absolute Gasteiger partial charge is 0.454 e. The molecule has 0 saturated carbocycles. The Morgan fingerprint density at radius 3 is 2.33 bits per heavy atom. The third kappa shape index (κ3) is 4.00. The number of ketones is 2. The summed E-state index contributed by atoms with van der Waals surface area (Å²) in [6, 6.07) is 0. The predicted octanol–water partition coefficient (Wildman–Crippen LogP) is 1.72. The van der Waals surface area contributed by atoms with Gasteiger partial charge in [-0.1, -0.05) is 11.6 Å². The molecule has 2 rings (SSSR count). The molecule has 27 heavy (non-hydrogen) atoms. The molecule has 1 aromatic rings. The van der Waals surface area contributed by atoms with Gasteiger partial charge in [0, 0.05) is 32.7 Å². The van der Waals surface area contributed by atoms with E-state index >= 15 is 0 Å². The zero-order valence-corrected chi connectivity index (χ0v) is 15.2. The van der Waals surface area contributed by atoms with Gasteiger partial charge in [0.05, 0.1) is 5.56 Å². The second-order valence-electron chi connectivity index (χ2n) is 5.49. The van der Waals surface area contributed by atoms with E-state index in [9.17, 15) is 24.0 Å². The molecule has 0 saturated heterocycles. The van der Waals surface area contributed by atoms with Crippen molar-refractivity contribution in [1.82, 2.24) is 4.57 Å². The number of esters is 2. The number of allylic oxidation sites excluding steroid dienone is 2. The quantitative estimate of drug-likeness (QED) is 0.579. The molecule has 0 aliphatic heterocycles. The number of halogens is 1. The number of nitrogens with zero attached hydrogens (tertiary/aromatic N) is 1. The summed E-state index contributed by atoms with van der Waals surface area (Å²) < 4.78 is 15.5. The number of carbonyl (C=O) groups is 5. The van der Waals surface area contributed by atoms with Crippen molar-refractivity contribution in [3.63, 3.8) is 0 Å². The van der Waals surface area contributed by atoms with Gasteiger partial charge in [-0.25, -0.2) is 4.79 Å². The summed E-state index contributed by atoms with van der Waals surface area (Å²) >= 11 is 5.91. The monoisotopic (exact) mass is 399 g/mol. The summed E-state index contributed by atoms with van der Waals surface area (Å²) in [5, 5.41) is 8.06. The van der Waals surface area contributed by atoms with E-state index in [0.29, 0.717) is 0 Å². The molecule has 1 aliphatic rings. The molecule has 0 radical (unpaired) electrons. The predicted molar refractivity (Wildman–Crippen MR) is 87.2 cm³/mol. The summed E-state index contributed by atoms with van der Waals surface area (Å²) in [5.74, 6) is -3.87. The molecule has 1 heterocycles. The molecule has 0 spiro atoms. The molecule has 144 valence electrons. The molecule has 1 atom stereocenters. The van der Waals surface area contributed by atoms with Crippen LogP contribution in [0.3, 0.4) is 0 Å². The van der Waals surface area contributed by atoms with Crippen LogP contribution in [0.15, 0.2) is 17.0 Å². The Labute approximate surface area is 157 Å². The molecule has 1 aromatic heterocycles. The Hall–Kier alpha value is -3.14. The Bertz CT molecular complexity index is 896. The van der Waals surface area contributed by atoms with Gasteiger partial charge < -0.3 is 23.9 Å². The maximum Gasteiger partial charge on any atom is 0.505 e. The molecule has 0 aromatic carbocycles. The van der Waals surface area contributed by atoms with Crippen LogP contribution in [0.2, 0.25) is 0 Å². The van der Waals surface area contributed by atoms with E-state index in [1.165, 1.54) is 17.8 Å². The molecule has 1 N–H and O–H groups in total. The van der Waals surface area contributed by atoms with Crippen LogP contribution in [0, 0.1) is 0 Å². The number of Topliss-reactive ketones (excluding diaryl/α,β-unsaturated/α-hetero) is 2. The molecule has 1 unspecified atom stereocenters. The van der Waals surface area contributed by atoms with Crippen LogP contribution in [0.4, 0.5) is 4.79 Å². The van der Waals surface area contributed by atoms with Crippen molar-refractivity contribution in [3.05, 3.63) is 33.8 Å². The summed E-state index contributed by atoms with van der Waals surface area (Å²) in [6.45, 7) is 1.52. The van der Waals surface area contributed by atoms with Gasteiger partial charge in [-0.2, -0.15) is 0 Å². The number of carbonyl (C=O) groups excluding carboxylic acids is 4. The zero-order valence-electron chi connectivity index (χ0n) is 14.4. The first-order chi connectivity index (χ1) is 12.5. The van der Waals surface area contributed by atoms with Gasteiger partial charge in [0.1, 0.15) is 17.3 Å². The lowest BCUT2D eigenvalue weighted by Gasteiger charge is -2.19. The van der Waals surface area contributed by atoms with Crippen LogP contribution in [-0.2, 0) is 30.8 Å². The van der Waals surface area contributed by atoms with Crippen molar-refractivity contribution in [3.8, 4) is 0 Å². The maximum atomic E-state index is 12.7. The lowest BCUT2D eigenvalue weighted by molar-refractivity contribution is -0.149. The number of ether oxygens (including phenoxy) is 3. The van der Waals surface area contributed by atoms with Crippen LogP contribution in [0.5, 0.6) is 0 Å². The summed E-state index contributed by atoms with van der Waals surface area (Å²) in [7, 11) is 1.43. The van der Waals surface area contributed by atoms with Crippen LogP contribution in [-0.4, -0.2) is 45.9 Å². The van der Waals surface area contributed by atoms with Gasteiger partial charge in [-0.15, -0.1) is 0 Å². The first-order valence-electron chi connectivity index (χ1n) is 7.44. The Balaban J connectivity index is 2.57. The molecular weight excluding hydrogens is 386 g/mol. The SMILES string of the molecule is CC(=O)OC1=C(Cl)C(=O)c2c(C(COC(=O)O)OC(C)=O)cn(C)c2C1=O. The summed E-state index contributed by atoms with van der Waals surface area (Å²) in [6.07, 6.45) is -1.60. The normalized spacial score (nSPS) is 14.5. The molecule has 11 heteroatoms. The van der Waals surface area contributed by atoms with Crippen molar-refractivity contribution < 1.29 is 43.3 Å². The highest BCUT2D eigenvalue weighted by atomic mass is 35.5. The second-order valence-corrected chi connectivity index (χ2v) is 5.87. The van der Waals surface area contributed by atoms with Crippen molar-refractivity contribution in [2.24, 2.45) is 7.05 Å². The number of rotatable bonds is 5. The van der Waals surface area contributed by atoms with E-state index in [0.717, 1.165) is 13.8 Å². The van der Waals surface area contributed by atoms with E-state index in [4.69, 9.17) is 26.2 Å². The van der Waals surface area contributed by atoms with Crippen LogP contribution in [0.25, 0.3) is 0 Å². The lowest BCUT2D eigenvalue weighted by atomic mass is 9.94. The largest absolute Gasteiger partial charge is 0.505 e. The minimum absolute atomic E-state index is 0.0299. The molecule has 1 aliphatic carbocycles. The van der Waals surface area contributed by atoms with E-state index in [1.54, 1.807) is 0 Å². The fourth-order valence-corrected chi connectivity index (χ4v) is 2.82. The minimum atomic E-state index is -1.62. The van der Waals surface area contributed by atoms with Crippen LogP contribution in [0.1, 0.15) is 46.4 Å². The third-order valence-corrected chi connectivity index (χ3v) is 3.86. The van der Waals surface area contributed by atoms with E-state index in [2.05, 4.69) is 4.74 Å². The Morgan fingerprint density at radius 2 is 1.81 bits per heavy atom. The topological polar surface area (TPSA) is 138 Å². The van der Waals surface area contributed by atoms with Gasteiger partial charge in [-0.05, 0) is 0 Å². The number of fused-ring (bicyclic) bond motifs is 1. The number of hydrogen-bond donors (Lipinski definition) is 1. The first kappa shape index (κ1) is 20.2. The number of aromatic nitrogens is 1. The highest BCUT2D eigenvalue weighted by Gasteiger charge is 2.40. The van der Waals surface area contributed by atoms with Gasteiger partial charge in [0.25, 0.3) is 0 Å². The number of carboxylic acid groups (broad SMARTS) is 1. The maximum absolute atomic E-state index is 12.7. The average molecular weight is 400 g/mol. The summed E-state index contributed by atoms with van der Waals surface area (Å²) in [4.78, 5) is 58.5. The molecular formula is C16H14ClNO9. The van der Waals surface area contributed by atoms with Crippen molar-refractivity contribution in [1.29, 1.82) is 0 Å². The number of aryl methyl sites for hydroxylation is 1. The van der Waals surface area contributed by atoms with Crippen molar-refractivity contribution in [2.75, 3.05) is 6.61 Å². The fourth-order valence-electron chi connectivity index (χ4n) is 2.60. The highest BCUT2D eigenvalue weighted by molar-refractivity contribution is 6.49. The summed E-state index contributed by atoms with van der Waals surface area (Å²) in [5.41, 5.74) is -0.311. The van der Waals surface area contributed by atoms with Gasteiger partial charge in [0.15, 0.2) is 6.10 Å². The van der Waals surface area contributed by atoms with E-state index in [-0.39, 0.29) is 16.8 Å². The van der Waals surface area contributed by atoms with Gasteiger partial charge in [-0.3, -0.25) is 19.2 Å². The average Bonchev–Trinajstić information content (AvgIpc) is 2.90. The Morgan fingerprint density at radius 1 is 1.19 bits per heavy atom. The third-order valence-electron chi connectivity index (χ3n) is 3.52. The fraction of sp³-hybridized carbons (Fsp3) is 0.312. The minimum Gasteiger partial charge on any atom is -0.454 e. The lowest BCUT2D eigenvalue weighted by Crippen LogP contribution is -2.26. The van der Waals surface area contributed by atoms with Gasteiger partial charge in [0.2, 0.25) is 17.3 Å². The van der Waals surface area contributed by atoms with Crippen molar-refractivity contribution >= 4 is 41.3 Å².